The largest absolute Gasteiger partial charge is 0.394 e. The Balaban J connectivity index is 2.03. The van der Waals surface area contributed by atoms with Gasteiger partial charge in [-0.1, -0.05) is 19.1 Å². The maximum Gasteiger partial charge on any atom is 0.262 e. The summed E-state index contributed by atoms with van der Waals surface area (Å²) in [5.41, 5.74) is 2.80. The van der Waals surface area contributed by atoms with Crippen molar-refractivity contribution in [3.8, 4) is 11.1 Å². The molecule has 0 radical (unpaired) electrons. The van der Waals surface area contributed by atoms with Gasteiger partial charge in [0.2, 0.25) is 0 Å². The average Bonchev–Trinajstić information content (AvgIpc) is 3.07. The van der Waals surface area contributed by atoms with Gasteiger partial charge in [-0.2, -0.15) is 5.10 Å². The lowest BCUT2D eigenvalue weighted by molar-refractivity contribution is 0.161. The molecule has 0 aliphatic heterocycles. The lowest BCUT2D eigenvalue weighted by atomic mass is 10.0. The van der Waals surface area contributed by atoms with Gasteiger partial charge in [0.05, 0.1) is 28.7 Å². The van der Waals surface area contributed by atoms with Crippen LogP contribution in [0, 0.1) is 5.82 Å². The summed E-state index contributed by atoms with van der Waals surface area (Å²) in [6.45, 7) is 5.42. The van der Waals surface area contributed by atoms with Crippen LogP contribution < -0.4 is 5.56 Å². The predicted molar refractivity (Wildman–Crippen MR) is 106 cm³/mol. The standard InChI is InChI=1S/C21H21FN4O2/c1-4-16-18(13-5-7-14(22)8-6-13)19-23-11-15-17(26(19)24-16)9-10-25(20(15)28)21(2,3)12-27/h5-11,27H,4,12H2,1-3H3. The van der Waals surface area contributed by atoms with Crippen LogP contribution in [0.4, 0.5) is 4.39 Å². The van der Waals surface area contributed by atoms with Crippen LogP contribution in [0.15, 0.2) is 47.5 Å². The van der Waals surface area contributed by atoms with Crippen molar-refractivity contribution in [2.24, 2.45) is 0 Å². The first-order valence-electron chi connectivity index (χ1n) is 9.16. The third-order valence-electron chi connectivity index (χ3n) is 5.09. The van der Waals surface area contributed by atoms with Crippen LogP contribution in [-0.2, 0) is 12.0 Å². The zero-order chi connectivity index (χ0) is 20.1. The van der Waals surface area contributed by atoms with Gasteiger partial charge in [-0.05, 0) is 44.0 Å². The van der Waals surface area contributed by atoms with E-state index in [1.165, 1.54) is 16.7 Å². The predicted octanol–water partition coefficient (Wildman–Crippen LogP) is 3.14. The van der Waals surface area contributed by atoms with Crippen LogP contribution in [0.2, 0.25) is 0 Å². The van der Waals surface area contributed by atoms with E-state index in [9.17, 15) is 14.3 Å². The Kier molecular flexibility index (Phi) is 4.27. The monoisotopic (exact) mass is 380 g/mol. The third kappa shape index (κ3) is 2.70. The SMILES string of the molecule is CCc1nn2c(ncc3c(=O)n(C(C)(C)CO)ccc32)c1-c1ccc(F)cc1. The van der Waals surface area contributed by atoms with Gasteiger partial charge < -0.3 is 9.67 Å². The summed E-state index contributed by atoms with van der Waals surface area (Å²) in [6.07, 6.45) is 3.89. The van der Waals surface area contributed by atoms with Crippen LogP contribution in [0.5, 0.6) is 0 Å². The second-order valence-corrected chi connectivity index (χ2v) is 7.44. The number of fused-ring (bicyclic) bond motifs is 3. The number of benzene rings is 1. The van der Waals surface area contributed by atoms with Crippen molar-refractivity contribution >= 4 is 16.6 Å². The van der Waals surface area contributed by atoms with Gasteiger partial charge in [0, 0.05) is 18.0 Å². The van der Waals surface area contributed by atoms with Crippen LogP contribution in [0.25, 0.3) is 27.7 Å². The third-order valence-corrected chi connectivity index (χ3v) is 5.09. The van der Waals surface area contributed by atoms with E-state index in [0.29, 0.717) is 23.0 Å². The van der Waals surface area contributed by atoms with E-state index in [-0.39, 0.29) is 18.0 Å². The summed E-state index contributed by atoms with van der Waals surface area (Å²) < 4.78 is 16.5. The van der Waals surface area contributed by atoms with E-state index < -0.39 is 5.54 Å². The normalized spacial score (nSPS) is 12.2. The first kappa shape index (κ1) is 18.3. The molecular formula is C21H21FN4O2. The number of aliphatic hydroxyl groups excluding tert-OH is 1. The fourth-order valence-corrected chi connectivity index (χ4v) is 3.43. The molecule has 0 fully saturated rings. The maximum atomic E-state index is 13.3. The molecule has 0 spiro atoms. The van der Waals surface area contributed by atoms with Crippen LogP contribution in [0.1, 0.15) is 26.5 Å². The number of nitrogens with zero attached hydrogens (tertiary/aromatic N) is 4. The summed E-state index contributed by atoms with van der Waals surface area (Å²) in [4.78, 5) is 17.5. The quantitative estimate of drug-likeness (QED) is 0.590. The molecule has 0 atom stereocenters. The molecule has 4 aromatic rings. The lowest BCUT2D eigenvalue weighted by Gasteiger charge is -2.25. The second-order valence-electron chi connectivity index (χ2n) is 7.44. The summed E-state index contributed by atoms with van der Waals surface area (Å²) >= 11 is 0. The number of hydrogen-bond acceptors (Lipinski definition) is 4. The topological polar surface area (TPSA) is 72.4 Å². The summed E-state index contributed by atoms with van der Waals surface area (Å²) in [5.74, 6) is -0.302. The van der Waals surface area contributed by atoms with Crippen molar-refractivity contribution < 1.29 is 9.50 Å². The first-order valence-corrected chi connectivity index (χ1v) is 9.16. The summed E-state index contributed by atoms with van der Waals surface area (Å²) in [5, 5.41) is 14.7. The molecule has 0 aliphatic rings. The smallest absolute Gasteiger partial charge is 0.262 e. The number of rotatable bonds is 4. The van der Waals surface area contributed by atoms with E-state index in [1.54, 1.807) is 42.9 Å². The molecule has 3 heterocycles. The zero-order valence-electron chi connectivity index (χ0n) is 16.0. The molecular weight excluding hydrogens is 359 g/mol. The molecule has 0 bridgehead atoms. The lowest BCUT2D eigenvalue weighted by Crippen LogP contribution is -2.38. The minimum atomic E-state index is -0.724. The number of aliphatic hydroxyl groups is 1. The molecule has 4 rings (SSSR count). The van der Waals surface area contributed by atoms with Crippen LogP contribution in [0.3, 0.4) is 0 Å². The second kappa shape index (κ2) is 6.53. The Morgan fingerprint density at radius 3 is 2.54 bits per heavy atom. The number of halogens is 1. The summed E-state index contributed by atoms with van der Waals surface area (Å²) in [7, 11) is 0. The number of pyridine rings is 1. The Bertz CT molecular complexity index is 1240. The molecule has 0 unspecified atom stereocenters. The van der Waals surface area contributed by atoms with Gasteiger partial charge in [0.1, 0.15) is 5.82 Å². The Labute approximate surface area is 160 Å². The van der Waals surface area contributed by atoms with E-state index in [2.05, 4.69) is 10.1 Å². The molecule has 7 heteroatoms. The number of aryl methyl sites for hydroxylation is 1. The highest BCUT2D eigenvalue weighted by molar-refractivity contribution is 5.86. The Hall–Kier alpha value is -3.06. The minimum absolute atomic E-state index is 0.162. The molecule has 1 N–H and O–H groups in total. The van der Waals surface area contributed by atoms with Crippen molar-refractivity contribution in [3.05, 3.63) is 64.6 Å². The molecule has 0 amide bonds. The maximum absolute atomic E-state index is 13.3. The molecule has 144 valence electrons. The molecule has 6 nitrogen and oxygen atoms in total. The fraction of sp³-hybridized carbons (Fsp3) is 0.286. The minimum Gasteiger partial charge on any atom is -0.394 e. The van der Waals surface area contributed by atoms with Gasteiger partial charge >= 0.3 is 0 Å². The van der Waals surface area contributed by atoms with Crippen molar-refractivity contribution in [2.45, 2.75) is 32.7 Å². The molecule has 0 aliphatic carbocycles. The first-order chi connectivity index (χ1) is 13.4. The highest BCUT2D eigenvalue weighted by Gasteiger charge is 2.23. The molecule has 0 saturated carbocycles. The molecule has 1 aromatic carbocycles. The zero-order valence-corrected chi connectivity index (χ0v) is 16.0. The number of aromatic nitrogens is 4. The highest BCUT2D eigenvalue weighted by atomic mass is 19.1. The van der Waals surface area contributed by atoms with E-state index in [1.807, 2.05) is 13.0 Å². The Morgan fingerprint density at radius 1 is 1.18 bits per heavy atom. The van der Waals surface area contributed by atoms with Crippen molar-refractivity contribution in [1.82, 2.24) is 19.2 Å². The highest BCUT2D eigenvalue weighted by Crippen LogP contribution is 2.29. The molecule has 28 heavy (non-hydrogen) atoms. The van der Waals surface area contributed by atoms with Gasteiger partial charge in [-0.3, -0.25) is 4.79 Å². The van der Waals surface area contributed by atoms with Gasteiger partial charge in [0.15, 0.2) is 5.65 Å². The van der Waals surface area contributed by atoms with E-state index in [0.717, 1.165) is 16.8 Å². The van der Waals surface area contributed by atoms with E-state index >= 15 is 0 Å². The van der Waals surface area contributed by atoms with Crippen LogP contribution in [-0.4, -0.2) is 30.9 Å². The molecule has 0 saturated heterocycles. The van der Waals surface area contributed by atoms with Crippen molar-refractivity contribution in [2.75, 3.05) is 6.61 Å². The van der Waals surface area contributed by atoms with Gasteiger partial charge in [0.25, 0.3) is 5.56 Å². The van der Waals surface area contributed by atoms with Crippen molar-refractivity contribution in [3.63, 3.8) is 0 Å². The van der Waals surface area contributed by atoms with E-state index in [4.69, 9.17) is 0 Å². The van der Waals surface area contributed by atoms with Crippen molar-refractivity contribution in [1.29, 1.82) is 0 Å². The number of hydrogen-bond donors (Lipinski definition) is 1. The molecule has 3 aromatic heterocycles. The average molecular weight is 380 g/mol. The van der Waals surface area contributed by atoms with Gasteiger partial charge in [-0.15, -0.1) is 0 Å². The summed E-state index contributed by atoms with van der Waals surface area (Å²) in [6, 6.07) is 8.05. The van der Waals surface area contributed by atoms with Gasteiger partial charge in [-0.25, -0.2) is 13.9 Å². The van der Waals surface area contributed by atoms with Crippen LogP contribution >= 0.6 is 0 Å². The fourth-order valence-electron chi connectivity index (χ4n) is 3.43. The Morgan fingerprint density at radius 2 is 1.89 bits per heavy atom.